The van der Waals surface area contributed by atoms with Gasteiger partial charge in [0.05, 0.1) is 0 Å². The Morgan fingerprint density at radius 3 is 2.34 bits per heavy atom. The number of thioether (sulfide) groups is 1. The highest BCUT2D eigenvalue weighted by molar-refractivity contribution is 8.14. The highest BCUT2D eigenvalue weighted by Gasteiger charge is 2.52. The lowest BCUT2D eigenvalue weighted by Crippen LogP contribution is -2.65. The molecule has 29 heavy (non-hydrogen) atoms. The zero-order chi connectivity index (χ0) is 21.6. The van der Waals surface area contributed by atoms with Crippen LogP contribution in [0.1, 0.15) is 20.3 Å². The monoisotopic (exact) mass is 425 g/mol. The number of nitrogens with zero attached hydrogens (tertiary/aromatic N) is 3. The van der Waals surface area contributed by atoms with Crippen LogP contribution in [-0.2, 0) is 19.1 Å². The minimum absolute atomic E-state index is 0.0484. The number of ether oxygens (including phenoxy) is 2. The van der Waals surface area contributed by atoms with Crippen molar-refractivity contribution in [3.8, 4) is 0 Å². The average molecular weight is 426 g/mol. The lowest BCUT2D eigenvalue weighted by atomic mass is 10.1. The number of piperazine rings is 1. The predicted octanol–water partition coefficient (Wildman–Crippen LogP) is 1.85. The molecule has 0 unspecified atom stereocenters. The maximum atomic E-state index is 12.9. The van der Waals surface area contributed by atoms with E-state index in [-0.39, 0.29) is 55.7 Å². The van der Waals surface area contributed by atoms with Crippen LogP contribution in [0, 0.1) is 0 Å². The van der Waals surface area contributed by atoms with E-state index in [1.807, 2.05) is 0 Å². The smallest absolute Gasteiger partial charge is 0.411 e. The molecule has 2 saturated heterocycles. The van der Waals surface area contributed by atoms with E-state index in [1.54, 1.807) is 11.8 Å². The van der Waals surface area contributed by atoms with Gasteiger partial charge in [0.2, 0.25) is 5.91 Å². The fourth-order valence-corrected chi connectivity index (χ4v) is 4.71. The van der Waals surface area contributed by atoms with Crippen molar-refractivity contribution in [1.29, 1.82) is 0 Å². The van der Waals surface area contributed by atoms with Gasteiger partial charge < -0.3 is 14.4 Å². The Kier molecular flexibility index (Phi) is 7.72. The van der Waals surface area contributed by atoms with Crippen LogP contribution >= 0.6 is 11.8 Å². The first-order chi connectivity index (χ1) is 13.7. The highest BCUT2D eigenvalue weighted by Crippen LogP contribution is 2.39. The van der Waals surface area contributed by atoms with Crippen LogP contribution in [-0.4, -0.2) is 88.2 Å². The van der Waals surface area contributed by atoms with Gasteiger partial charge in [-0.3, -0.25) is 19.4 Å². The number of hydrogen-bond donors (Lipinski definition) is 0. The van der Waals surface area contributed by atoms with Crippen molar-refractivity contribution in [2.24, 2.45) is 0 Å². The highest BCUT2D eigenvalue weighted by atomic mass is 32.2. The predicted molar refractivity (Wildman–Crippen MR) is 108 cm³/mol. The molecule has 3 amide bonds. The molecule has 160 valence electrons. The molecule has 2 aliphatic rings. The van der Waals surface area contributed by atoms with E-state index in [1.165, 1.54) is 28.9 Å². The summed E-state index contributed by atoms with van der Waals surface area (Å²) in [6, 6.07) is 0. The van der Waals surface area contributed by atoms with Gasteiger partial charge in [0, 0.05) is 38.2 Å². The second kappa shape index (κ2) is 9.82. The Balaban J connectivity index is 2.16. The van der Waals surface area contributed by atoms with Gasteiger partial charge in [-0.15, -0.1) is 0 Å². The van der Waals surface area contributed by atoms with E-state index in [0.717, 1.165) is 11.8 Å². The number of carbonyl (C=O) groups excluding carboxylic acids is 4. The van der Waals surface area contributed by atoms with Gasteiger partial charge in [0.1, 0.15) is 25.4 Å². The van der Waals surface area contributed by atoms with Crippen LogP contribution < -0.4 is 0 Å². The quantitative estimate of drug-likeness (QED) is 0.599. The van der Waals surface area contributed by atoms with Crippen molar-refractivity contribution in [2.45, 2.75) is 31.2 Å². The molecule has 2 fully saturated rings. The van der Waals surface area contributed by atoms with Crippen LogP contribution in [0.2, 0.25) is 0 Å². The van der Waals surface area contributed by atoms with Gasteiger partial charge in [0.25, 0.3) is 0 Å². The maximum absolute atomic E-state index is 12.9. The molecule has 0 saturated carbocycles. The summed E-state index contributed by atoms with van der Waals surface area (Å²) < 4.78 is 10.2. The van der Waals surface area contributed by atoms with Crippen LogP contribution in [0.25, 0.3) is 0 Å². The van der Waals surface area contributed by atoms with Gasteiger partial charge in [-0.25, -0.2) is 9.59 Å². The van der Waals surface area contributed by atoms with Crippen molar-refractivity contribution >= 4 is 35.0 Å². The Hall–Kier alpha value is -2.49. The maximum Gasteiger partial charge on any atom is 0.411 e. The molecule has 0 spiro atoms. The first kappa shape index (κ1) is 22.8. The Labute approximate surface area is 174 Å². The van der Waals surface area contributed by atoms with E-state index in [9.17, 15) is 19.2 Å². The molecule has 2 atom stereocenters. The molecule has 2 heterocycles. The van der Waals surface area contributed by atoms with Crippen molar-refractivity contribution in [2.75, 3.05) is 39.4 Å². The Bertz CT molecular complexity index is 699. The molecular formula is C19H27N3O6S. The average Bonchev–Trinajstić information content (AvgIpc) is 3.00. The van der Waals surface area contributed by atoms with Gasteiger partial charge in [-0.05, 0) is 6.92 Å². The van der Waals surface area contributed by atoms with Crippen LogP contribution in [0.5, 0.6) is 0 Å². The SMILES string of the molecule is C=CCOC(=O)N1CCN([C@]2(C)C[C@H](SC(C)=O)CN2C(=O)OCC=C)C(=O)C1. The minimum Gasteiger partial charge on any atom is -0.445 e. The van der Waals surface area contributed by atoms with E-state index in [0.29, 0.717) is 6.42 Å². The van der Waals surface area contributed by atoms with Crippen LogP contribution in [0.3, 0.4) is 0 Å². The number of hydrogen-bond acceptors (Lipinski definition) is 7. The standard InChI is InChI=1S/C19H27N3O6S/c1-5-9-27-17(25)20-7-8-21(16(24)13-20)19(4)11-15(29-14(3)23)12-22(19)18(26)28-10-6-2/h5-6,15H,1-2,7-13H2,3-4H3/t15-,19-/m0/s1. The summed E-state index contributed by atoms with van der Waals surface area (Å²) in [5, 5.41) is -0.211. The summed E-state index contributed by atoms with van der Waals surface area (Å²) in [6.45, 7) is 11.0. The van der Waals surface area contributed by atoms with Gasteiger partial charge in [-0.1, -0.05) is 37.1 Å². The largest absolute Gasteiger partial charge is 0.445 e. The van der Waals surface area contributed by atoms with Crippen molar-refractivity contribution in [1.82, 2.24) is 14.7 Å². The minimum atomic E-state index is -0.959. The number of amides is 3. The van der Waals surface area contributed by atoms with Gasteiger partial charge >= 0.3 is 12.2 Å². The fourth-order valence-electron chi connectivity index (χ4n) is 3.62. The van der Waals surface area contributed by atoms with Crippen molar-refractivity contribution in [3.05, 3.63) is 25.3 Å². The molecule has 2 aliphatic heterocycles. The van der Waals surface area contributed by atoms with Gasteiger partial charge in [-0.2, -0.15) is 0 Å². The van der Waals surface area contributed by atoms with Gasteiger partial charge in [0.15, 0.2) is 5.12 Å². The molecule has 0 aromatic rings. The first-order valence-corrected chi connectivity index (χ1v) is 10.2. The third kappa shape index (κ3) is 5.31. The summed E-state index contributed by atoms with van der Waals surface area (Å²) in [5.74, 6) is -0.302. The zero-order valence-corrected chi connectivity index (χ0v) is 17.6. The third-order valence-corrected chi connectivity index (χ3v) is 5.83. The van der Waals surface area contributed by atoms with Crippen LogP contribution in [0.4, 0.5) is 9.59 Å². The third-order valence-electron chi connectivity index (χ3n) is 4.84. The number of carbonyl (C=O) groups is 4. The second-order valence-corrected chi connectivity index (χ2v) is 8.44. The van der Waals surface area contributed by atoms with E-state index < -0.39 is 17.8 Å². The lowest BCUT2D eigenvalue weighted by molar-refractivity contribution is -0.148. The first-order valence-electron chi connectivity index (χ1n) is 9.28. The summed E-state index contributed by atoms with van der Waals surface area (Å²) in [5.41, 5.74) is -0.959. The molecule has 0 radical (unpaired) electrons. The molecule has 0 aromatic carbocycles. The van der Waals surface area contributed by atoms with E-state index in [2.05, 4.69) is 13.2 Å². The Morgan fingerprint density at radius 2 is 1.79 bits per heavy atom. The van der Waals surface area contributed by atoms with Crippen molar-refractivity contribution < 1.29 is 28.7 Å². The molecule has 0 aliphatic carbocycles. The summed E-state index contributed by atoms with van der Waals surface area (Å²) >= 11 is 1.15. The van der Waals surface area contributed by atoms with Crippen molar-refractivity contribution in [3.63, 3.8) is 0 Å². The lowest BCUT2D eigenvalue weighted by Gasteiger charge is -2.47. The number of likely N-dealkylation sites (tertiary alicyclic amines) is 1. The molecule has 0 aromatic heterocycles. The number of rotatable bonds is 6. The summed E-state index contributed by atoms with van der Waals surface area (Å²) in [4.78, 5) is 53.5. The summed E-state index contributed by atoms with van der Waals surface area (Å²) in [6.07, 6.45) is 2.19. The fraction of sp³-hybridized carbons (Fsp3) is 0.579. The normalized spacial score (nSPS) is 24.3. The molecular weight excluding hydrogens is 398 g/mol. The molecule has 0 bridgehead atoms. The molecule has 0 N–H and O–H groups in total. The summed E-state index contributed by atoms with van der Waals surface area (Å²) in [7, 11) is 0. The Morgan fingerprint density at radius 1 is 1.17 bits per heavy atom. The molecule has 2 rings (SSSR count). The molecule has 9 nitrogen and oxygen atoms in total. The van der Waals surface area contributed by atoms with E-state index >= 15 is 0 Å². The van der Waals surface area contributed by atoms with Crippen LogP contribution in [0.15, 0.2) is 25.3 Å². The zero-order valence-electron chi connectivity index (χ0n) is 16.8. The topological polar surface area (TPSA) is 96.5 Å². The van der Waals surface area contributed by atoms with E-state index in [4.69, 9.17) is 9.47 Å². The second-order valence-electron chi connectivity index (χ2n) is 6.96. The molecule has 10 heteroatoms.